The van der Waals surface area contributed by atoms with Crippen molar-refractivity contribution in [3.63, 3.8) is 0 Å². The van der Waals surface area contributed by atoms with Crippen LogP contribution in [0, 0.1) is 6.92 Å². The summed E-state index contributed by atoms with van der Waals surface area (Å²) in [6, 6.07) is 4.69. The molecule has 1 saturated carbocycles. The van der Waals surface area contributed by atoms with Gasteiger partial charge in [0.25, 0.3) is 0 Å². The molecular weight excluding hydrogens is 296 g/mol. The SMILES string of the molecule is CCNC(=NCc1ccc(C)s1)NCCCC(=O)NC1CC1. The van der Waals surface area contributed by atoms with Gasteiger partial charge in [-0.1, -0.05) is 0 Å². The second kappa shape index (κ2) is 8.78. The number of aryl methyl sites for hydroxylation is 1. The minimum absolute atomic E-state index is 0.167. The van der Waals surface area contributed by atoms with E-state index >= 15 is 0 Å². The monoisotopic (exact) mass is 322 g/mol. The first-order valence-corrected chi connectivity index (χ1v) is 8.86. The largest absolute Gasteiger partial charge is 0.357 e. The summed E-state index contributed by atoms with van der Waals surface area (Å²) in [4.78, 5) is 18.7. The molecule has 3 N–H and O–H groups in total. The highest BCUT2D eigenvalue weighted by molar-refractivity contribution is 7.11. The van der Waals surface area contributed by atoms with E-state index in [1.807, 2.05) is 0 Å². The lowest BCUT2D eigenvalue weighted by atomic mass is 10.3. The summed E-state index contributed by atoms with van der Waals surface area (Å²) in [7, 11) is 0. The summed E-state index contributed by atoms with van der Waals surface area (Å²) in [5.74, 6) is 0.983. The van der Waals surface area contributed by atoms with Crippen molar-refractivity contribution in [2.75, 3.05) is 13.1 Å². The number of guanidine groups is 1. The number of aliphatic imine (C=N–C) groups is 1. The van der Waals surface area contributed by atoms with E-state index in [-0.39, 0.29) is 5.91 Å². The van der Waals surface area contributed by atoms with Crippen LogP contribution < -0.4 is 16.0 Å². The Morgan fingerprint density at radius 2 is 2.18 bits per heavy atom. The van der Waals surface area contributed by atoms with Gasteiger partial charge in [0.1, 0.15) is 0 Å². The van der Waals surface area contributed by atoms with E-state index in [9.17, 15) is 4.79 Å². The maximum absolute atomic E-state index is 11.6. The molecule has 1 aromatic heterocycles. The molecule has 122 valence electrons. The fourth-order valence-corrected chi connectivity index (χ4v) is 2.87. The number of carbonyl (C=O) groups excluding carboxylic acids is 1. The molecule has 1 heterocycles. The molecule has 0 unspecified atom stereocenters. The molecule has 2 rings (SSSR count). The number of hydrogen-bond donors (Lipinski definition) is 3. The average molecular weight is 322 g/mol. The molecule has 0 aromatic carbocycles. The van der Waals surface area contributed by atoms with Gasteiger partial charge in [0.2, 0.25) is 5.91 Å². The van der Waals surface area contributed by atoms with Crippen LogP contribution in [0.3, 0.4) is 0 Å². The zero-order valence-corrected chi connectivity index (χ0v) is 14.3. The van der Waals surface area contributed by atoms with Crippen molar-refractivity contribution in [2.24, 2.45) is 4.99 Å². The molecule has 1 fully saturated rings. The van der Waals surface area contributed by atoms with Gasteiger partial charge in [-0.25, -0.2) is 4.99 Å². The van der Waals surface area contributed by atoms with E-state index in [4.69, 9.17) is 0 Å². The van der Waals surface area contributed by atoms with Crippen molar-refractivity contribution in [2.45, 2.75) is 52.1 Å². The van der Waals surface area contributed by atoms with Gasteiger partial charge in [-0.3, -0.25) is 4.79 Å². The molecule has 1 aromatic rings. The standard InChI is InChI=1S/C16H26N4OS/c1-3-17-16(19-11-14-9-6-12(2)22-14)18-10-4-5-15(21)20-13-7-8-13/h6,9,13H,3-5,7-8,10-11H2,1-2H3,(H,20,21)(H2,17,18,19). The number of amides is 1. The smallest absolute Gasteiger partial charge is 0.220 e. The Morgan fingerprint density at radius 3 is 2.82 bits per heavy atom. The summed E-state index contributed by atoms with van der Waals surface area (Å²) in [5, 5.41) is 9.52. The molecule has 0 atom stereocenters. The molecule has 0 saturated heterocycles. The zero-order chi connectivity index (χ0) is 15.8. The Kier molecular flexibility index (Phi) is 6.71. The minimum Gasteiger partial charge on any atom is -0.357 e. The van der Waals surface area contributed by atoms with Crippen molar-refractivity contribution < 1.29 is 4.79 Å². The first kappa shape index (κ1) is 16.8. The third-order valence-electron chi connectivity index (χ3n) is 3.35. The molecule has 0 spiro atoms. The molecule has 5 nitrogen and oxygen atoms in total. The van der Waals surface area contributed by atoms with Crippen LogP contribution in [-0.4, -0.2) is 31.0 Å². The lowest BCUT2D eigenvalue weighted by molar-refractivity contribution is -0.121. The number of thiophene rings is 1. The third-order valence-corrected chi connectivity index (χ3v) is 4.33. The van der Waals surface area contributed by atoms with Crippen LogP contribution >= 0.6 is 11.3 Å². The molecule has 6 heteroatoms. The Morgan fingerprint density at radius 1 is 1.36 bits per heavy atom. The van der Waals surface area contributed by atoms with Gasteiger partial charge < -0.3 is 16.0 Å². The number of rotatable bonds is 8. The Labute approximate surface area is 136 Å². The van der Waals surface area contributed by atoms with Gasteiger partial charge in [-0.05, 0) is 45.2 Å². The van der Waals surface area contributed by atoms with E-state index in [0.717, 1.165) is 38.3 Å². The lowest BCUT2D eigenvalue weighted by Crippen LogP contribution is -2.38. The molecular formula is C16H26N4OS. The fourth-order valence-electron chi connectivity index (χ4n) is 2.05. The van der Waals surface area contributed by atoms with Gasteiger partial charge in [-0.2, -0.15) is 0 Å². The van der Waals surface area contributed by atoms with Crippen LogP contribution in [-0.2, 0) is 11.3 Å². The molecule has 0 aliphatic heterocycles. The average Bonchev–Trinajstić information content (AvgIpc) is 3.20. The van der Waals surface area contributed by atoms with Crippen LogP contribution in [0.2, 0.25) is 0 Å². The molecule has 0 radical (unpaired) electrons. The second-order valence-electron chi connectivity index (χ2n) is 5.58. The topological polar surface area (TPSA) is 65.5 Å². The second-order valence-corrected chi connectivity index (χ2v) is 6.95. The predicted octanol–water partition coefficient (Wildman–Crippen LogP) is 2.17. The maximum Gasteiger partial charge on any atom is 0.220 e. The van der Waals surface area contributed by atoms with E-state index < -0.39 is 0 Å². The number of hydrogen-bond acceptors (Lipinski definition) is 3. The van der Waals surface area contributed by atoms with Crippen molar-refractivity contribution in [1.82, 2.24) is 16.0 Å². The van der Waals surface area contributed by atoms with E-state index in [1.54, 1.807) is 11.3 Å². The van der Waals surface area contributed by atoms with Crippen molar-refractivity contribution in [1.29, 1.82) is 0 Å². The minimum atomic E-state index is 0.167. The quantitative estimate of drug-likeness (QED) is 0.390. The molecule has 22 heavy (non-hydrogen) atoms. The zero-order valence-electron chi connectivity index (χ0n) is 13.4. The highest BCUT2D eigenvalue weighted by Crippen LogP contribution is 2.18. The molecule has 1 amide bonds. The Hall–Kier alpha value is -1.56. The predicted molar refractivity (Wildman–Crippen MR) is 92.3 cm³/mol. The van der Waals surface area contributed by atoms with E-state index in [0.29, 0.717) is 19.0 Å². The van der Waals surface area contributed by atoms with Gasteiger partial charge in [-0.15, -0.1) is 11.3 Å². The van der Waals surface area contributed by atoms with Crippen molar-refractivity contribution in [3.8, 4) is 0 Å². The van der Waals surface area contributed by atoms with Crippen LogP contribution in [0.5, 0.6) is 0 Å². The van der Waals surface area contributed by atoms with Gasteiger partial charge in [0.15, 0.2) is 5.96 Å². The summed E-state index contributed by atoms with van der Waals surface area (Å²) in [6.45, 7) is 6.43. The summed E-state index contributed by atoms with van der Waals surface area (Å²) < 4.78 is 0. The van der Waals surface area contributed by atoms with Crippen LogP contribution in [0.15, 0.2) is 17.1 Å². The Balaban J connectivity index is 1.67. The Bertz CT molecular complexity index is 508. The van der Waals surface area contributed by atoms with Crippen molar-refractivity contribution in [3.05, 3.63) is 21.9 Å². The number of nitrogens with zero attached hydrogens (tertiary/aromatic N) is 1. The van der Waals surface area contributed by atoms with E-state index in [2.05, 4.69) is 46.9 Å². The third kappa shape index (κ3) is 6.47. The highest BCUT2D eigenvalue weighted by atomic mass is 32.1. The molecule has 1 aliphatic carbocycles. The summed E-state index contributed by atoms with van der Waals surface area (Å²) in [5.41, 5.74) is 0. The fraction of sp³-hybridized carbons (Fsp3) is 0.625. The summed E-state index contributed by atoms with van der Waals surface area (Å²) >= 11 is 1.78. The van der Waals surface area contributed by atoms with Crippen LogP contribution in [0.4, 0.5) is 0 Å². The first-order valence-electron chi connectivity index (χ1n) is 8.04. The van der Waals surface area contributed by atoms with E-state index in [1.165, 1.54) is 9.75 Å². The number of carbonyl (C=O) groups is 1. The van der Waals surface area contributed by atoms with Gasteiger partial charge in [0, 0.05) is 35.3 Å². The summed E-state index contributed by atoms with van der Waals surface area (Å²) in [6.07, 6.45) is 3.68. The van der Waals surface area contributed by atoms with Crippen molar-refractivity contribution >= 4 is 23.2 Å². The normalized spacial score (nSPS) is 14.7. The van der Waals surface area contributed by atoms with Gasteiger partial charge >= 0.3 is 0 Å². The highest BCUT2D eigenvalue weighted by Gasteiger charge is 2.22. The van der Waals surface area contributed by atoms with Crippen LogP contribution in [0.1, 0.15) is 42.4 Å². The lowest BCUT2D eigenvalue weighted by Gasteiger charge is -2.11. The molecule has 1 aliphatic rings. The number of nitrogens with one attached hydrogen (secondary N) is 3. The maximum atomic E-state index is 11.6. The first-order chi connectivity index (χ1) is 10.7. The molecule has 0 bridgehead atoms. The van der Waals surface area contributed by atoms with Gasteiger partial charge in [0.05, 0.1) is 6.54 Å². The van der Waals surface area contributed by atoms with Crippen LogP contribution in [0.25, 0.3) is 0 Å².